The maximum Gasteiger partial charge on any atom is 0.143 e. The molecule has 0 saturated carbocycles. The smallest absolute Gasteiger partial charge is 0.143 e. The summed E-state index contributed by atoms with van der Waals surface area (Å²) in [5.74, 6) is 0.777. The van der Waals surface area contributed by atoms with Gasteiger partial charge in [-0.3, -0.25) is 0 Å². The Kier molecular flexibility index (Phi) is 3.55. The quantitative estimate of drug-likeness (QED) is 0.829. The SMILES string of the molecule is COc1ccc2c(c1)CON=C2c1c(Cl)cccc1Cl. The molecule has 1 aliphatic heterocycles. The average Bonchev–Trinajstić information content (AvgIpc) is 2.46. The van der Waals surface area contributed by atoms with Crippen LogP contribution in [0.4, 0.5) is 0 Å². The largest absolute Gasteiger partial charge is 0.497 e. The molecule has 5 heteroatoms. The van der Waals surface area contributed by atoms with Crippen LogP contribution >= 0.6 is 23.2 Å². The summed E-state index contributed by atoms with van der Waals surface area (Å²) in [6, 6.07) is 11.1. The van der Waals surface area contributed by atoms with Gasteiger partial charge in [0.25, 0.3) is 0 Å². The molecule has 3 rings (SSSR count). The molecule has 0 unspecified atom stereocenters. The molecule has 0 bridgehead atoms. The third kappa shape index (κ3) is 2.23. The van der Waals surface area contributed by atoms with Gasteiger partial charge >= 0.3 is 0 Å². The van der Waals surface area contributed by atoms with Crippen LogP contribution in [0.3, 0.4) is 0 Å². The fourth-order valence-electron chi connectivity index (χ4n) is 2.17. The van der Waals surface area contributed by atoms with Gasteiger partial charge in [0.1, 0.15) is 18.1 Å². The van der Waals surface area contributed by atoms with E-state index < -0.39 is 0 Å². The van der Waals surface area contributed by atoms with E-state index in [1.807, 2.05) is 18.2 Å². The van der Waals surface area contributed by atoms with E-state index in [0.29, 0.717) is 27.9 Å². The highest BCUT2D eigenvalue weighted by molar-refractivity contribution is 6.41. The van der Waals surface area contributed by atoms with Crippen molar-refractivity contribution in [3.05, 3.63) is 63.1 Å². The lowest BCUT2D eigenvalue weighted by molar-refractivity contribution is 0.126. The zero-order valence-corrected chi connectivity index (χ0v) is 12.2. The maximum absolute atomic E-state index is 6.24. The van der Waals surface area contributed by atoms with Crippen LogP contribution in [0, 0.1) is 0 Å². The molecule has 0 radical (unpaired) electrons. The molecule has 2 aromatic rings. The molecule has 0 N–H and O–H groups in total. The van der Waals surface area contributed by atoms with Crippen molar-refractivity contribution in [2.24, 2.45) is 5.16 Å². The lowest BCUT2D eigenvalue weighted by atomic mass is 9.97. The number of hydrogen-bond donors (Lipinski definition) is 0. The van der Waals surface area contributed by atoms with Gasteiger partial charge in [0, 0.05) is 16.7 Å². The van der Waals surface area contributed by atoms with Crippen LogP contribution in [0.2, 0.25) is 10.0 Å². The van der Waals surface area contributed by atoms with Crippen LogP contribution in [0.1, 0.15) is 16.7 Å². The lowest BCUT2D eigenvalue weighted by Gasteiger charge is -2.18. The number of rotatable bonds is 2. The monoisotopic (exact) mass is 307 g/mol. The molecule has 20 heavy (non-hydrogen) atoms. The minimum atomic E-state index is 0.401. The molecule has 0 amide bonds. The first kappa shape index (κ1) is 13.3. The molecular formula is C15H11Cl2NO2. The van der Waals surface area contributed by atoms with Gasteiger partial charge in [0.15, 0.2) is 0 Å². The molecule has 1 aliphatic rings. The van der Waals surface area contributed by atoms with Crippen LogP contribution in [0.25, 0.3) is 0 Å². The number of halogens is 2. The average molecular weight is 308 g/mol. The number of oxime groups is 1. The van der Waals surface area contributed by atoms with Gasteiger partial charge in [0.2, 0.25) is 0 Å². The van der Waals surface area contributed by atoms with E-state index in [4.69, 9.17) is 32.8 Å². The van der Waals surface area contributed by atoms with Crippen molar-refractivity contribution < 1.29 is 9.57 Å². The summed E-state index contributed by atoms with van der Waals surface area (Å²) in [6.07, 6.45) is 0. The normalized spacial score (nSPS) is 13.2. The van der Waals surface area contributed by atoms with Gasteiger partial charge < -0.3 is 9.57 Å². The van der Waals surface area contributed by atoms with E-state index in [-0.39, 0.29) is 0 Å². The van der Waals surface area contributed by atoms with Crippen molar-refractivity contribution in [1.29, 1.82) is 0 Å². The van der Waals surface area contributed by atoms with E-state index >= 15 is 0 Å². The lowest BCUT2D eigenvalue weighted by Crippen LogP contribution is -2.14. The summed E-state index contributed by atoms with van der Waals surface area (Å²) in [5.41, 5.74) is 3.27. The second-order valence-electron chi connectivity index (χ2n) is 4.33. The summed E-state index contributed by atoms with van der Waals surface area (Å²) >= 11 is 12.5. The summed E-state index contributed by atoms with van der Waals surface area (Å²) in [6.45, 7) is 0.401. The Morgan fingerprint density at radius 1 is 1.15 bits per heavy atom. The summed E-state index contributed by atoms with van der Waals surface area (Å²) in [7, 11) is 1.63. The molecule has 3 nitrogen and oxygen atoms in total. The van der Waals surface area contributed by atoms with Crippen molar-refractivity contribution in [1.82, 2.24) is 0 Å². The number of methoxy groups -OCH3 is 1. The zero-order chi connectivity index (χ0) is 14.1. The summed E-state index contributed by atoms with van der Waals surface area (Å²) in [4.78, 5) is 5.29. The Balaban J connectivity index is 2.16. The second-order valence-corrected chi connectivity index (χ2v) is 5.15. The highest BCUT2D eigenvalue weighted by Crippen LogP contribution is 2.31. The molecular weight excluding hydrogens is 297 g/mol. The first-order valence-corrected chi connectivity index (χ1v) is 6.78. The minimum absolute atomic E-state index is 0.401. The van der Waals surface area contributed by atoms with Gasteiger partial charge in [-0.25, -0.2) is 0 Å². The standard InChI is InChI=1S/C15H11Cl2NO2/c1-19-10-5-6-11-9(7-10)8-20-18-15(11)14-12(16)3-2-4-13(14)17/h2-7H,8H2,1H3. The highest BCUT2D eigenvalue weighted by Gasteiger charge is 2.22. The molecule has 0 spiro atoms. The molecule has 2 aromatic carbocycles. The van der Waals surface area contributed by atoms with E-state index in [9.17, 15) is 0 Å². The number of ether oxygens (including phenoxy) is 1. The van der Waals surface area contributed by atoms with Crippen molar-refractivity contribution in [2.75, 3.05) is 7.11 Å². The molecule has 0 aromatic heterocycles. The fraction of sp³-hybridized carbons (Fsp3) is 0.133. The molecule has 0 atom stereocenters. The molecule has 102 valence electrons. The van der Waals surface area contributed by atoms with Crippen LogP contribution in [0.15, 0.2) is 41.6 Å². The maximum atomic E-state index is 6.24. The number of fused-ring (bicyclic) bond motifs is 1. The highest BCUT2D eigenvalue weighted by atomic mass is 35.5. The predicted octanol–water partition coefficient (Wildman–Crippen LogP) is 4.28. The third-order valence-corrected chi connectivity index (χ3v) is 3.77. The minimum Gasteiger partial charge on any atom is -0.497 e. The van der Waals surface area contributed by atoms with Crippen molar-refractivity contribution in [3.8, 4) is 5.75 Å². The van der Waals surface area contributed by atoms with Gasteiger partial charge in [-0.05, 0) is 30.3 Å². The van der Waals surface area contributed by atoms with Crippen LogP contribution < -0.4 is 4.74 Å². The Labute approximate surface area is 126 Å². The molecule has 0 fully saturated rings. The van der Waals surface area contributed by atoms with Gasteiger partial charge in [-0.2, -0.15) is 0 Å². The van der Waals surface area contributed by atoms with Crippen molar-refractivity contribution in [3.63, 3.8) is 0 Å². The first-order chi connectivity index (χ1) is 9.70. The topological polar surface area (TPSA) is 30.8 Å². The number of hydrogen-bond acceptors (Lipinski definition) is 3. The van der Waals surface area contributed by atoms with Crippen LogP contribution in [-0.4, -0.2) is 12.8 Å². The molecule has 1 heterocycles. The van der Waals surface area contributed by atoms with E-state index in [0.717, 1.165) is 16.9 Å². The summed E-state index contributed by atoms with van der Waals surface area (Å²) < 4.78 is 5.22. The Morgan fingerprint density at radius 3 is 2.60 bits per heavy atom. The number of benzene rings is 2. The van der Waals surface area contributed by atoms with Crippen molar-refractivity contribution >= 4 is 28.9 Å². The first-order valence-electron chi connectivity index (χ1n) is 6.02. The number of nitrogens with zero attached hydrogens (tertiary/aromatic N) is 1. The van der Waals surface area contributed by atoms with Gasteiger partial charge in [-0.15, -0.1) is 0 Å². The van der Waals surface area contributed by atoms with Crippen LogP contribution in [-0.2, 0) is 11.4 Å². The molecule has 0 aliphatic carbocycles. The van der Waals surface area contributed by atoms with Gasteiger partial charge in [-0.1, -0.05) is 34.4 Å². The van der Waals surface area contributed by atoms with E-state index in [2.05, 4.69) is 5.16 Å². The Morgan fingerprint density at radius 2 is 1.90 bits per heavy atom. The predicted molar refractivity (Wildman–Crippen MR) is 79.9 cm³/mol. The van der Waals surface area contributed by atoms with E-state index in [1.165, 1.54) is 0 Å². The second kappa shape index (κ2) is 5.35. The third-order valence-electron chi connectivity index (χ3n) is 3.14. The zero-order valence-electron chi connectivity index (χ0n) is 10.7. The van der Waals surface area contributed by atoms with Crippen molar-refractivity contribution in [2.45, 2.75) is 6.61 Å². The van der Waals surface area contributed by atoms with E-state index in [1.54, 1.807) is 25.3 Å². The van der Waals surface area contributed by atoms with Gasteiger partial charge in [0.05, 0.1) is 17.2 Å². The molecule has 0 saturated heterocycles. The fourth-order valence-corrected chi connectivity index (χ4v) is 2.74. The summed E-state index contributed by atoms with van der Waals surface area (Å²) in [5, 5.41) is 5.21. The Bertz CT molecular complexity index is 678. The van der Waals surface area contributed by atoms with Crippen LogP contribution in [0.5, 0.6) is 5.75 Å². The Hall–Kier alpha value is -1.71.